The number of aromatic nitrogens is 2. The Morgan fingerprint density at radius 1 is 1.17 bits per heavy atom. The van der Waals surface area contributed by atoms with Crippen molar-refractivity contribution in [1.82, 2.24) is 14.9 Å². The Morgan fingerprint density at radius 3 is 2.63 bits per heavy atom. The molecule has 1 fully saturated rings. The molecule has 0 unspecified atom stereocenters. The van der Waals surface area contributed by atoms with E-state index in [9.17, 15) is 13.2 Å². The van der Waals surface area contributed by atoms with Crippen LogP contribution in [0.3, 0.4) is 0 Å². The number of nitrogens with two attached hydrogens (primary N) is 1. The van der Waals surface area contributed by atoms with Crippen molar-refractivity contribution < 1.29 is 13.2 Å². The maximum Gasteiger partial charge on any atom is 0.416 e. The minimum Gasteiger partial charge on any atom is -0.399 e. The van der Waals surface area contributed by atoms with Crippen molar-refractivity contribution in [3.63, 3.8) is 0 Å². The first-order valence-corrected chi connectivity index (χ1v) is 11.8. The summed E-state index contributed by atoms with van der Waals surface area (Å²) in [6.07, 6.45) is -1.47. The lowest BCUT2D eigenvalue weighted by Crippen LogP contribution is -2.45. The van der Waals surface area contributed by atoms with Gasteiger partial charge in [0.15, 0.2) is 0 Å². The van der Waals surface area contributed by atoms with Crippen molar-refractivity contribution in [2.45, 2.75) is 51.9 Å². The molecule has 0 amide bonds. The van der Waals surface area contributed by atoms with Gasteiger partial charge in [-0.15, -0.1) is 0 Å². The second-order valence-electron chi connectivity index (χ2n) is 9.63. The molecule has 0 saturated carbocycles. The van der Waals surface area contributed by atoms with Crippen LogP contribution in [0.5, 0.6) is 0 Å². The molecule has 1 saturated heterocycles. The van der Waals surface area contributed by atoms with Crippen LogP contribution in [0, 0.1) is 24.2 Å². The fraction of sp³-hybridized carbons (Fsp3) is 0.423. The number of aryl methyl sites for hydroxylation is 2. The molecule has 1 atom stereocenters. The number of hydrogen-bond acceptors (Lipinski definition) is 6. The summed E-state index contributed by atoms with van der Waals surface area (Å²) in [5.41, 5.74) is 10.2. The summed E-state index contributed by atoms with van der Waals surface area (Å²) in [6, 6.07) is 7.61. The molecular formula is C26H27F3N6. The number of likely N-dealkylation sites (tertiary alicyclic amines) is 1. The Labute approximate surface area is 202 Å². The van der Waals surface area contributed by atoms with Gasteiger partial charge >= 0.3 is 6.18 Å². The molecule has 2 aliphatic rings. The number of nitrogens with zero attached hydrogens (tertiary/aromatic N) is 4. The number of nitrogens with one attached hydrogen (secondary N) is 1. The van der Waals surface area contributed by atoms with E-state index in [1.54, 1.807) is 13.0 Å². The summed E-state index contributed by atoms with van der Waals surface area (Å²) in [5, 5.41) is 13.3. The van der Waals surface area contributed by atoms with Gasteiger partial charge < -0.3 is 11.1 Å². The average Bonchev–Trinajstić information content (AvgIpc) is 3.26. The first kappa shape index (κ1) is 23.4. The summed E-state index contributed by atoms with van der Waals surface area (Å²) >= 11 is 0. The van der Waals surface area contributed by atoms with Crippen molar-refractivity contribution in [2.75, 3.05) is 24.1 Å². The molecule has 5 rings (SSSR count). The molecule has 1 aliphatic heterocycles. The highest BCUT2D eigenvalue weighted by Gasteiger charge is 2.32. The van der Waals surface area contributed by atoms with E-state index in [1.807, 2.05) is 6.92 Å². The summed E-state index contributed by atoms with van der Waals surface area (Å²) < 4.78 is 40.0. The zero-order valence-corrected chi connectivity index (χ0v) is 19.7. The van der Waals surface area contributed by atoms with E-state index in [-0.39, 0.29) is 11.6 Å². The standard InChI is InChI=1S/C26H27F3N6/c1-14(17-6-19(26(27,28)29)9-20(31)7-17)32-25-23-8-18(13-35-11-16(10-30)12-35)21-4-3-5-22(21)24(23)33-15(2)34-25/h6-9,14,16H,3-5,11-13,31H2,1-2H3,(H,32,33,34)/t14-/m1/s1. The van der Waals surface area contributed by atoms with Crippen molar-refractivity contribution in [3.8, 4) is 6.07 Å². The van der Waals surface area contributed by atoms with E-state index in [2.05, 4.69) is 27.3 Å². The number of fused-ring (bicyclic) bond motifs is 3. The molecule has 182 valence electrons. The predicted octanol–water partition coefficient (Wildman–Crippen LogP) is 5.16. The lowest BCUT2D eigenvalue weighted by molar-refractivity contribution is -0.137. The number of alkyl halides is 3. The van der Waals surface area contributed by atoms with E-state index in [0.29, 0.717) is 17.2 Å². The minimum absolute atomic E-state index is 0.0672. The van der Waals surface area contributed by atoms with Crippen LogP contribution in [0.1, 0.15) is 53.0 Å². The van der Waals surface area contributed by atoms with Gasteiger partial charge in [-0.3, -0.25) is 4.90 Å². The third kappa shape index (κ3) is 4.50. The Kier molecular flexibility index (Phi) is 5.80. The van der Waals surface area contributed by atoms with Crippen molar-refractivity contribution in [3.05, 3.63) is 57.9 Å². The van der Waals surface area contributed by atoms with Crippen LogP contribution in [0.2, 0.25) is 0 Å². The van der Waals surface area contributed by atoms with Crippen LogP contribution >= 0.6 is 0 Å². The summed E-state index contributed by atoms with van der Waals surface area (Å²) in [7, 11) is 0. The third-order valence-corrected chi connectivity index (χ3v) is 6.96. The maximum atomic E-state index is 13.3. The summed E-state index contributed by atoms with van der Waals surface area (Å²) in [6.45, 7) is 5.94. The first-order chi connectivity index (χ1) is 16.6. The highest BCUT2D eigenvalue weighted by atomic mass is 19.4. The SMILES string of the molecule is Cc1nc(N[C@H](C)c2cc(N)cc(C(F)(F)F)c2)c2cc(CN3CC(C#N)C3)c3c(c2n1)CCC3. The molecule has 9 heteroatoms. The second kappa shape index (κ2) is 8.68. The molecular weight excluding hydrogens is 453 g/mol. The van der Waals surface area contributed by atoms with Crippen LogP contribution in [0.25, 0.3) is 10.9 Å². The normalized spacial score (nSPS) is 17.1. The number of anilines is 2. The van der Waals surface area contributed by atoms with Gasteiger partial charge in [0, 0.05) is 30.7 Å². The first-order valence-electron chi connectivity index (χ1n) is 11.8. The zero-order chi connectivity index (χ0) is 24.9. The molecule has 35 heavy (non-hydrogen) atoms. The van der Waals surface area contributed by atoms with Gasteiger partial charge in [-0.2, -0.15) is 18.4 Å². The molecule has 0 radical (unpaired) electrons. The van der Waals surface area contributed by atoms with Crippen molar-refractivity contribution in [2.24, 2.45) is 5.92 Å². The smallest absolute Gasteiger partial charge is 0.399 e. The quantitative estimate of drug-likeness (QED) is 0.491. The number of nitriles is 1. The topological polar surface area (TPSA) is 90.9 Å². The zero-order valence-electron chi connectivity index (χ0n) is 19.7. The van der Waals surface area contributed by atoms with E-state index in [1.165, 1.54) is 16.7 Å². The van der Waals surface area contributed by atoms with E-state index >= 15 is 0 Å². The highest BCUT2D eigenvalue weighted by Crippen LogP contribution is 2.38. The van der Waals surface area contributed by atoms with E-state index < -0.39 is 17.8 Å². The molecule has 0 bridgehead atoms. The number of halogens is 3. The van der Waals surface area contributed by atoms with Crippen LogP contribution in [0.4, 0.5) is 24.7 Å². The molecule has 6 nitrogen and oxygen atoms in total. The third-order valence-electron chi connectivity index (χ3n) is 6.96. The molecule has 3 aromatic rings. The van der Waals surface area contributed by atoms with Crippen LogP contribution < -0.4 is 11.1 Å². The lowest BCUT2D eigenvalue weighted by Gasteiger charge is -2.35. The summed E-state index contributed by atoms with van der Waals surface area (Å²) in [5.74, 6) is 1.30. The molecule has 1 aromatic heterocycles. The van der Waals surface area contributed by atoms with Gasteiger partial charge in [0.05, 0.1) is 29.1 Å². The van der Waals surface area contributed by atoms with Gasteiger partial charge in [-0.1, -0.05) is 0 Å². The lowest BCUT2D eigenvalue weighted by atomic mass is 9.95. The molecule has 2 aromatic carbocycles. The van der Waals surface area contributed by atoms with Crippen LogP contribution in [0.15, 0.2) is 24.3 Å². The monoisotopic (exact) mass is 480 g/mol. The van der Waals surface area contributed by atoms with Crippen molar-refractivity contribution >= 4 is 22.4 Å². The number of hydrogen-bond donors (Lipinski definition) is 2. The molecule has 0 spiro atoms. The highest BCUT2D eigenvalue weighted by molar-refractivity contribution is 5.93. The fourth-order valence-electron chi connectivity index (χ4n) is 5.22. The van der Waals surface area contributed by atoms with Gasteiger partial charge in [0.1, 0.15) is 11.6 Å². The van der Waals surface area contributed by atoms with E-state index in [0.717, 1.165) is 61.9 Å². The number of rotatable bonds is 5. The molecule has 1 aliphatic carbocycles. The average molecular weight is 481 g/mol. The maximum absolute atomic E-state index is 13.3. The predicted molar refractivity (Wildman–Crippen MR) is 129 cm³/mol. The van der Waals surface area contributed by atoms with Crippen LogP contribution in [-0.2, 0) is 25.6 Å². The van der Waals surface area contributed by atoms with Gasteiger partial charge in [-0.05, 0) is 79.6 Å². The van der Waals surface area contributed by atoms with Crippen LogP contribution in [-0.4, -0.2) is 28.0 Å². The fourth-order valence-corrected chi connectivity index (χ4v) is 5.22. The summed E-state index contributed by atoms with van der Waals surface area (Å²) in [4.78, 5) is 11.7. The number of nitrogen functional groups attached to an aromatic ring is 1. The minimum atomic E-state index is -4.47. The Hall–Kier alpha value is -3.38. The molecule has 3 N–H and O–H groups in total. The van der Waals surface area contributed by atoms with Gasteiger partial charge in [0.25, 0.3) is 0 Å². The van der Waals surface area contributed by atoms with E-state index in [4.69, 9.17) is 16.0 Å². The Bertz CT molecular complexity index is 1340. The van der Waals surface area contributed by atoms with Gasteiger partial charge in [0.2, 0.25) is 0 Å². The van der Waals surface area contributed by atoms with Gasteiger partial charge in [-0.25, -0.2) is 9.97 Å². The Balaban J connectivity index is 1.53. The Morgan fingerprint density at radius 2 is 1.91 bits per heavy atom. The number of benzene rings is 2. The molecule has 2 heterocycles. The second-order valence-corrected chi connectivity index (χ2v) is 9.63. The van der Waals surface area contributed by atoms with Crippen molar-refractivity contribution in [1.29, 1.82) is 5.26 Å². The largest absolute Gasteiger partial charge is 0.416 e.